The number of carbonyl (C=O) groups excluding carboxylic acids is 3. The maximum absolute atomic E-state index is 12.4. The summed E-state index contributed by atoms with van der Waals surface area (Å²) in [5, 5.41) is 2.69. The Balaban J connectivity index is 1.99. The Bertz CT molecular complexity index is 719. The Kier molecular flexibility index (Phi) is 6.40. The first-order valence-electron chi connectivity index (χ1n) is 9.04. The molecule has 2 amide bonds. The van der Waals surface area contributed by atoms with Crippen molar-refractivity contribution in [2.24, 2.45) is 11.7 Å². The number of nitrogens with two attached hydrogens (primary N) is 1. The Morgan fingerprint density at radius 3 is 2.27 bits per heavy atom. The van der Waals surface area contributed by atoms with Gasteiger partial charge in [-0.05, 0) is 75.6 Å². The number of carbonyl (C=O) groups is 3. The zero-order valence-corrected chi connectivity index (χ0v) is 16.0. The van der Waals surface area contributed by atoms with Crippen molar-refractivity contribution in [1.29, 1.82) is 0 Å². The third-order valence-electron chi connectivity index (χ3n) is 5.25. The second-order valence-electron chi connectivity index (χ2n) is 7.21. The Hall–Kier alpha value is -2.37. The van der Waals surface area contributed by atoms with E-state index in [2.05, 4.69) is 5.32 Å². The number of esters is 1. The molecule has 0 bridgehead atoms. The fourth-order valence-corrected chi connectivity index (χ4v) is 3.93. The average Bonchev–Trinajstić information content (AvgIpc) is 2.53. The number of Topliss-reactive ketones (excluding diaryl/α,β-unsaturated/α-hetero) is 1. The molecule has 0 spiro atoms. The lowest BCUT2D eigenvalue weighted by Crippen LogP contribution is -2.41. The van der Waals surface area contributed by atoms with Crippen LogP contribution in [0.1, 0.15) is 65.2 Å². The van der Waals surface area contributed by atoms with Gasteiger partial charge >= 0.3 is 12.0 Å². The summed E-state index contributed by atoms with van der Waals surface area (Å²) in [5.41, 5.74) is 9.60. The van der Waals surface area contributed by atoms with Gasteiger partial charge < -0.3 is 15.8 Å². The number of benzene rings is 1. The van der Waals surface area contributed by atoms with E-state index in [0.717, 1.165) is 35.1 Å². The second-order valence-corrected chi connectivity index (χ2v) is 7.21. The molecule has 0 heterocycles. The Labute approximate surface area is 154 Å². The maximum atomic E-state index is 12.4. The van der Waals surface area contributed by atoms with E-state index in [1.165, 1.54) is 0 Å². The third kappa shape index (κ3) is 4.62. The molecule has 142 valence electrons. The van der Waals surface area contributed by atoms with Gasteiger partial charge in [-0.1, -0.05) is 6.07 Å². The number of ketones is 1. The molecule has 6 heteroatoms. The summed E-state index contributed by atoms with van der Waals surface area (Å²) in [7, 11) is 0. The van der Waals surface area contributed by atoms with Crippen LogP contribution in [0.2, 0.25) is 0 Å². The summed E-state index contributed by atoms with van der Waals surface area (Å²) in [4.78, 5) is 35.2. The van der Waals surface area contributed by atoms with E-state index in [4.69, 9.17) is 10.5 Å². The topological polar surface area (TPSA) is 98.5 Å². The highest BCUT2D eigenvalue weighted by Gasteiger charge is 2.28. The maximum Gasteiger partial charge on any atom is 0.312 e. The number of rotatable bonds is 5. The summed E-state index contributed by atoms with van der Waals surface area (Å²) in [6.45, 7) is 7.52. The van der Waals surface area contributed by atoms with Gasteiger partial charge in [-0.3, -0.25) is 9.59 Å². The lowest BCUT2D eigenvalue weighted by Gasteiger charge is -2.27. The van der Waals surface area contributed by atoms with Crippen LogP contribution < -0.4 is 11.1 Å². The van der Waals surface area contributed by atoms with E-state index < -0.39 is 6.03 Å². The zero-order chi connectivity index (χ0) is 19.4. The van der Waals surface area contributed by atoms with Crippen LogP contribution in [0, 0.1) is 26.7 Å². The smallest absolute Gasteiger partial charge is 0.312 e. The van der Waals surface area contributed by atoms with Crippen LogP contribution in [-0.2, 0) is 16.1 Å². The fraction of sp³-hybridized carbons (Fsp3) is 0.550. The molecular weight excluding hydrogens is 332 g/mol. The minimum Gasteiger partial charge on any atom is -0.461 e. The van der Waals surface area contributed by atoms with E-state index >= 15 is 0 Å². The van der Waals surface area contributed by atoms with E-state index in [-0.39, 0.29) is 30.3 Å². The monoisotopic (exact) mass is 360 g/mol. The molecule has 1 saturated carbocycles. The number of ether oxygens (including phenoxy) is 1. The Morgan fingerprint density at radius 1 is 1.12 bits per heavy atom. The fourth-order valence-electron chi connectivity index (χ4n) is 3.93. The van der Waals surface area contributed by atoms with Crippen molar-refractivity contribution in [3.8, 4) is 0 Å². The predicted octanol–water partition coefficient (Wildman–Crippen LogP) is 3.08. The van der Waals surface area contributed by atoms with Crippen LogP contribution in [0.4, 0.5) is 4.79 Å². The van der Waals surface area contributed by atoms with Crippen molar-refractivity contribution in [2.45, 2.75) is 66.0 Å². The number of hydrogen-bond acceptors (Lipinski definition) is 4. The first-order valence-corrected chi connectivity index (χ1v) is 9.04. The number of primary amides is 1. The van der Waals surface area contributed by atoms with E-state index in [9.17, 15) is 14.4 Å². The van der Waals surface area contributed by atoms with Crippen LogP contribution in [-0.4, -0.2) is 23.8 Å². The summed E-state index contributed by atoms with van der Waals surface area (Å²) in [6, 6.07) is 1.48. The van der Waals surface area contributed by atoms with Crippen molar-refractivity contribution in [2.75, 3.05) is 0 Å². The highest BCUT2D eigenvalue weighted by molar-refractivity contribution is 5.97. The van der Waals surface area contributed by atoms with Gasteiger partial charge in [0.05, 0.1) is 5.92 Å². The standard InChI is InChI=1S/C20H28N2O4/c1-11-9-12(2)18(14(4)23)13(3)17(11)10-26-19(24)15-5-7-16(8-6-15)22-20(21)25/h9,15-16H,5-8,10H2,1-4H3,(H3,21,22,25). The molecule has 0 aromatic heterocycles. The van der Waals surface area contributed by atoms with Gasteiger partial charge in [-0.2, -0.15) is 0 Å². The second kappa shape index (κ2) is 8.34. The molecule has 1 aromatic carbocycles. The molecule has 6 nitrogen and oxygen atoms in total. The first kappa shape index (κ1) is 19.9. The van der Waals surface area contributed by atoms with Crippen molar-refractivity contribution in [1.82, 2.24) is 5.32 Å². The van der Waals surface area contributed by atoms with Crippen LogP contribution in [0.3, 0.4) is 0 Å². The molecule has 1 aliphatic rings. The van der Waals surface area contributed by atoms with Crippen LogP contribution in [0.5, 0.6) is 0 Å². The van der Waals surface area contributed by atoms with Crippen molar-refractivity contribution < 1.29 is 19.1 Å². The molecule has 1 aromatic rings. The molecule has 0 aliphatic heterocycles. The molecule has 1 fully saturated rings. The SMILES string of the molecule is CC(=O)c1c(C)cc(C)c(COC(=O)C2CCC(NC(N)=O)CC2)c1C. The molecule has 0 unspecified atom stereocenters. The first-order chi connectivity index (χ1) is 12.2. The highest BCUT2D eigenvalue weighted by Crippen LogP contribution is 2.27. The number of hydrogen-bond donors (Lipinski definition) is 2. The van der Waals surface area contributed by atoms with E-state index in [1.54, 1.807) is 6.92 Å². The van der Waals surface area contributed by atoms with E-state index in [1.807, 2.05) is 26.8 Å². The van der Waals surface area contributed by atoms with Gasteiger partial charge in [-0.25, -0.2) is 4.79 Å². The van der Waals surface area contributed by atoms with Crippen LogP contribution in [0.15, 0.2) is 6.07 Å². The van der Waals surface area contributed by atoms with Gasteiger partial charge in [0.2, 0.25) is 0 Å². The minimum absolute atomic E-state index is 0.0212. The highest BCUT2D eigenvalue weighted by atomic mass is 16.5. The molecule has 1 aliphatic carbocycles. The van der Waals surface area contributed by atoms with Crippen LogP contribution >= 0.6 is 0 Å². The molecule has 0 atom stereocenters. The van der Waals surface area contributed by atoms with Gasteiger partial charge in [-0.15, -0.1) is 0 Å². The van der Waals surface area contributed by atoms with Gasteiger partial charge in [0.15, 0.2) is 5.78 Å². The van der Waals surface area contributed by atoms with Crippen molar-refractivity contribution >= 4 is 17.8 Å². The molecule has 0 saturated heterocycles. The van der Waals surface area contributed by atoms with Crippen molar-refractivity contribution in [3.05, 3.63) is 33.9 Å². The Morgan fingerprint density at radius 2 is 1.73 bits per heavy atom. The van der Waals surface area contributed by atoms with Gasteiger partial charge in [0, 0.05) is 11.6 Å². The summed E-state index contributed by atoms with van der Waals surface area (Å²) < 4.78 is 5.56. The lowest BCUT2D eigenvalue weighted by atomic mass is 9.86. The molecule has 0 radical (unpaired) electrons. The summed E-state index contributed by atoms with van der Waals surface area (Å²) in [5.74, 6) is -0.349. The average molecular weight is 360 g/mol. The number of urea groups is 1. The van der Waals surface area contributed by atoms with Crippen molar-refractivity contribution in [3.63, 3.8) is 0 Å². The minimum atomic E-state index is -0.525. The number of amides is 2. The summed E-state index contributed by atoms with van der Waals surface area (Å²) >= 11 is 0. The molecule has 26 heavy (non-hydrogen) atoms. The third-order valence-corrected chi connectivity index (χ3v) is 5.25. The molecular formula is C20H28N2O4. The van der Waals surface area contributed by atoms with Crippen LogP contribution in [0.25, 0.3) is 0 Å². The molecule has 3 N–H and O–H groups in total. The number of nitrogens with one attached hydrogen (secondary N) is 1. The molecule has 2 rings (SSSR count). The summed E-state index contributed by atoms with van der Waals surface area (Å²) in [6.07, 6.45) is 2.79. The largest absolute Gasteiger partial charge is 0.461 e. The normalized spacial score (nSPS) is 19.7. The van der Waals surface area contributed by atoms with Gasteiger partial charge in [0.1, 0.15) is 6.61 Å². The van der Waals surface area contributed by atoms with E-state index in [0.29, 0.717) is 18.4 Å². The predicted molar refractivity (Wildman–Crippen MR) is 98.9 cm³/mol. The lowest BCUT2D eigenvalue weighted by molar-refractivity contribution is -0.151. The quantitative estimate of drug-likeness (QED) is 0.623. The zero-order valence-electron chi connectivity index (χ0n) is 16.0. The number of aryl methyl sites for hydroxylation is 2. The van der Waals surface area contributed by atoms with Gasteiger partial charge in [0.25, 0.3) is 0 Å².